The fourth-order valence-electron chi connectivity index (χ4n) is 11.1. The van der Waals surface area contributed by atoms with Gasteiger partial charge in [-0.25, -0.2) is 0 Å². The first kappa shape index (κ1) is 47.3. The van der Waals surface area contributed by atoms with Gasteiger partial charge in [-0.15, -0.1) is 6.58 Å². The lowest BCUT2D eigenvalue weighted by molar-refractivity contribution is 0.529. The average Bonchev–Trinajstić information content (AvgIpc) is 3.55. The highest BCUT2D eigenvalue weighted by atomic mass is 79.9. The highest BCUT2D eigenvalue weighted by Gasteiger charge is 2.45. The number of allylic oxidation sites excluding steroid dienone is 1. The first-order valence-corrected chi connectivity index (χ1v) is 25.7. The molecule has 4 heteroatoms. The Morgan fingerprint density at radius 3 is 1.39 bits per heavy atom. The molecule has 1 aliphatic rings. The monoisotopic (exact) mass is 996 g/mol. The highest BCUT2D eigenvalue weighted by molar-refractivity contribution is 9.10. The molecule has 0 spiro atoms. The normalized spacial score (nSPS) is 12.5. The van der Waals surface area contributed by atoms with Crippen molar-refractivity contribution >= 4 is 66.0 Å². The van der Waals surface area contributed by atoms with Crippen molar-refractivity contribution in [2.24, 2.45) is 0 Å². The lowest BCUT2D eigenvalue weighted by atomic mass is 9.68. The Labute approximate surface area is 413 Å². The lowest BCUT2D eigenvalue weighted by Crippen LogP contribution is -2.28. The second-order valence-electron chi connectivity index (χ2n) is 19.0. The van der Waals surface area contributed by atoms with Gasteiger partial charge in [0, 0.05) is 37.1 Å². The maximum absolute atomic E-state index is 4.15. The topological polar surface area (TPSA) is 6.48 Å². The predicted molar refractivity (Wildman–Crippen MR) is 293 cm³/mol. The molecule has 0 unspecified atom stereocenters. The number of anilines is 6. The van der Waals surface area contributed by atoms with E-state index in [2.05, 4.69) is 237 Å². The summed E-state index contributed by atoms with van der Waals surface area (Å²) in [5.41, 5.74) is 23.9. The molecule has 0 amide bonds. The first-order chi connectivity index (χ1) is 31.8. The van der Waals surface area contributed by atoms with Gasteiger partial charge in [-0.2, -0.15) is 0 Å². The highest BCUT2D eigenvalue weighted by Crippen LogP contribution is 2.58. The second-order valence-corrected chi connectivity index (χ2v) is 20.9. The van der Waals surface area contributed by atoms with Gasteiger partial charge in [0.1, 0.15) is 0 Å². The predicted octanol–water partition coefficient (Wildman–Crippen LogP) is 19.5. The first-order valence-electron chi connectivity index (χ1n) is 24.1. The van der Waals surface area contributed by atoms with Crippen LogP contribution in [0.15, 0.2) is 149 Å². The van der Waals surface area contributed by atoms with Crippen LogP contribution in [0.5, 0.6) is 0 Å². The molecule has 0 radical (unpaired) electrons. The van der Waals surface area contributed by atoms with E-state index in [1.54, 1.807) is 0 Å². The van der Waals surface area contributed by atoms with E-state index >= 15 is 0 Å². The van der Waals surface area contributed by atoms with Gasteiger partial charge in [-0.1, -0.05) is 142 Å². The van der Waals surface area contributed by atoms with Gasteiger partial charge in [0.05, 0.1) is 11.4 Å². The van der Waals surface area contributed by atoms with E-state index in [-0.39, 0.29) is 0 Å². The van der Waals surface area contributed by atoms with Crippen molar-refractivity contribution in [3.63, 3.8) is 0 Å². The molecule has 0 fully saturated rings. The van der Waals surface area contributed by atoms with Crippen LogP contribution in [-0.4, -0.2) is 0 Å². The summed E-state index contributed by atoms with van der Waals surface area (Å²) in [6.45, 7) is 22.2. The molecule has 7 aromatic rings. The second kappa shape index (κ2) is 20.4. The van der Waals surface area contributed by atoms with Crippen LogP contribution < -0.4 is 9.80 Å². The number of hydrogen-bond acceptors (Lipinski definition) is 2. The third kappa shape index (κ3) is 9.51. The summed E-state index contributed by atoms with van der Waals surface area (Å²) in [5, 5.41) is 0. The molecule has 0 aromatic heterocycles. The molecule has 7 aromatic carbocycles. The zero-order valence-electron chi connectivity index (χ0n) is 40.4. The molecule has 0 N–H and O–H groups in total. The van der Waals surface area contributed by atoms with Gasteiger partial charge in [0.25, 0.3) is 0 Å². The number of fused-ring (bicyclic) bond motifs is 3. The number of nitrogens with zero attached hydrogens (tertiary/aromatic N) is 2. The minimum absolute atomic E-state index is 0.423. The molecule has 0 atom stereocenters. The standard InChI is InChI=1S/C62H66Br2N2/c1-10-12-14-16-18-48-36-43(5)37-49(38-48)62(31-17-15-13-11-2)58-39-54(65(52-23-19-50(63)20-24-52)60-44(6)32-41(3)33-45(60)7)27-29-56(58)57-30-28-55(40-59(57)62)66(53-25-21-51(64)22-26-53)61-46(8)34-42(4)35-47(61)9/h11,19-30,32-40H,2,10,12-18,31H2,1,3-9H3. The fourth-order valence-corrected chi connectivity index (χ4v) is 11.7. The summed E-state index contributed by atoms with van der Waals surface area (Å²) in [7, 11) is 0. The van der Waals surface area contributed by atoms with Gasteiger partial charge in [-0.3, -0.25) is 0 Å². The fraction of sp³-hybridized carbons (Fsp3) is 0.290. The summed E-state index contributed by atoms with van der Waals surface area (Å²) in [6, 6.07) is 49.2. The maximum atomic E-state index is 4.15. The SMILES string of the molecule is C=CCCCCC1(c2cc(C)cc(CCCCCC)c2)c2cc(N(c3ccc(Br)cc3)c3c(C)cc(C)cc3C)ccc2-c2ccc(N(c3ccc(Br)cc3)c3c(C)cc(C)cc3C)cc21. The minimum Gasteiger partial charge on any atom is -0.310 e. The van der Waals surface area contributed by atoms with E-state index in [9.17, 15) is 0 Å². The number of halogens is 2. The van der Waals surface area contributed by atoms with Crippen LogP contribution in [0.4, 0.5) is 34.1 Å². The Morgan fingerprint density at radius 2 is 0.939 bits per heavy atom. The van der Waals surface area contributed by atoms with Crippen LogP contribution in [-0.2, 0) is 11.8 Å². The molecule has 66 heavy (non-hydrogen) atoms. The summed E-state index contributed by atoms with van der Waals surface area (Å²) in [5.74, 6) is 0. The van der Waals surface area contributed by atoms with Gasteiger partial charge in [0.2, 0.25) is 0 Å². The van der Waals surface area contributed by atoms with Crippen molar-refractivity contribution in [1.29, 1.82) is 0 Å². The van der Waals surface area contributed by atoms with Gasteiger partial charge in [0.15, 0.2) is 0 Å². The van der Waals surface area contributed by atoms with Crippen LogP contribution >= 0.6 is 31.9 Å². The molecule has 0 saturated heterocycles. The molecular formula is C62H66Br2N2. The average molecular weight is 999 g/mol. The summed E-state index contributed by atoms with van der Waals surface area (Å²) >= 11 is 7.49. The summed E-state index contributed by atoms with van der Waals surface area (Å²) in [4.78, 5) is 5.00. The van der Waals surface area contributed by atoms with Crippen molar-refractivity contribution in [3.8, 4) is 11.1 Å². The molecule has 338 valence electrons. The van der Waals surface area contributed by atoms with Crippen molar-refractivity contribution in [1.82, 2.24) is 0 Å². The number of unbranched alkanes of at least 4 members (excludes halogenated alkanes) is 5. The number of rotatable bonds is 17. The maximum Gasteiger partial charge on any atom is 0.0520 e. The molecule has 0 saturated carbocycles. The zero-order chi connectivity index (χ0) is 46.7. The van der Waals surface area contributed by atoms with Crippen LogP contribution in [0.25, 0.3) is 11.1 Å². The van der Waals surface area contributed by atoms with Gasteiger partial charge >= 0.3 is 0 Å². The Kier molecular flexibility index (Phi) is 14.6. The molecule has 0 heterocycles. The van der Waals surface area contributed by atoms with Crippen LogP contribution in [0.1, 0.15) is 119 Å². The van der Waals surface area contributed by atoms with Crippen LogP contribution in [0, 0.1) is 48.5 Å². The quantitative estimate of drug-likeness (QED) is 0.0663. The van der Waals surface area contributed by atoms with E-state index in [1.165, 1.54) is 121 Å². The third-order valence-electron chi connectivity index (χ3n) is 13.8. The van der Waals surface area contributed by atoms with Crippen molar-refractivity contribution in [3.05, 3.63) is 210 Å². The molecule has 8 rings (SSSR count). The Balaban J connectivity index is 1.43. The molecule has 2 nitrogen and oxygen atoms in total. The van der Waals surface area contributed by atoms with Crippen molar-refractivity contribution < 1.29 is 0 Å². The smallest absolute Gasteiger partial charge is 0.0520 e. The lowest BCUT2D eigenvalue weighted by Gasteiger charge is -2.36. The molecule has 1 aliphatic carbocycles. The third-order valence-corrected chi connectivity index (χ3v) is 14.8. The number of benzene rings is 7. The van der Waals surface area contributed by atoms with E-state index in [1.807, 2.05) is 0 Å². The minimum atomic E-state index is -0.423. The van der Waals surface area contributed by atoms with E-state index < -0.39 is 5.41 Å². The van der Waals surface area contributed by atoms with Crippen LogP contribution in [0.3, 0.4) is 0 Å². The van der Waals surface area contributed by atoms with E-state index in [4.69, 9.17) is 0 Å². The Morgan fingerprint density at radius 1 is 0.485 bits per heavy atom. The molecular weight excluding hydrogens is 933 g/mol. The number of aryl methyl sites for hydroxylation is 8. The largest absolute Gasteiger partial charge is 0.310 e. The van der Waals surface area contributed by atoms with E-state index in [0.717, 1.165) is 52.4 Å². The summed E-state index contributed by atoms with van der Waals surface area (Å²) in [6.07, 6.45) is 12.3. The summed E-state index contributed by atoms with van der Waals surface area (Å²) < 4.78 is 2.14. The van der Waals surface area contributed by atoms with Gasteiger partial charge in [-0.05, 0) is 209 Å². The Bertz CT molecular complexity index is 2670. The Hall–Kier alpha value is -5.16. The van der Waals surface area contributed by atoms with Crippen molar-refractivity contribution in [2.75, 3.05) is 9.80 Å². The zero-order valence-corrected chi connectivity index (χ0v) is 43.6. The number of hydrogen-bond donors (Lipinski definition) is 0. The van der Waals surface area contributed by atoms with Crippen LogP contribution in [0.2, 0.25) is 0 Å². The van der Waals surface area contributed by atoms with E-state index in [0.29, 0.717) is 0 Å². The molecule has 0 bridgehead atoms. The van der Waals surface area contributed by atoms with Crippen molar-refractivity contribution in [2.45, 2.75) is 119 Å². The molecule has 0 aliphatic heterocycles. The van der Waals surface area contributed by atoms with Gasteiger partial charge < -0.3 is 9.80 Å².